The van der Waals surface area contributed by atoms with E-state index in [9.17, 15) is 4.79 Å². The second-order valence-electron chi connectivity index (χ2n) is 5.13. The van der Waals surface area contributed by atoms with Gasteiger partial charge in [-0.05, 0) is 53.8 Å². The number of carbonyl (C=O) groups excluding carboxylic acids is 1. The molecule has 0 N–H and O–H groups in total. The van der Waals surface area contributed by atoms with Crippen LogP contribution in [-0.4, -0.2) is 24.5 Å². The van der Waals surface area contributed by atoms with E-state index < -0.39 is 0 Å². The van der Waals surface area contributed by atoms with E-state index >= 15 is 0 Å². The third-order valence-corrected chi connectivity index (χ3v) is 3.69. The van der Waals surface area contributed by atoms with Crippen molar-refractivity contribution < 1.29 is 14.3 Å². The fourth-order valence-corrected chi connectivity index (χ4v) is 2.62. The minimum atomic E-state index is -0.250. The predicted molar refractivity (Wildman–Crippen MR) is 89.7 cm³/mol. The van der Waals surface area contributed by atoms with Gasteiger partial charge in [0.2, 0.25) is 0 Å². The molecule has 1 aliphatic rings. The lowest BCUT2D eigenvalue weighted by Gasteiger charge is -2.27. The quantitative estimate of drug-likeness (QED) is 0.763. The molecule has 3 nitrogen and oxygen atoms in total. The number of carbonyl (C=O) groups is 1. The fourth-order valence-electron chi connectivity index (χ4n) is 2.43. The smallest absolute Gasteiger partial charge is 0.320 e. The van der Waals surface area contributed by atoms with Crippen LogP contribution in [0.4, 0.5) is 4.79 Å². The zero-order valence-corrected chi connectivity index (χ0v) is 14.2. The van der Waals surface area contributed by atoms with E-state index in [-0.39, 0.29) is 11.8 Å². The van der Waals surface area contributed by atoms with E-state index in [1.165, 1.54) is 5.56 Å². The summed E-state index contributed by atoms with van der Waals surface area (Å²) >= 11 is 0. The van der Waals surface area contributed by atoms with Crippen LogP contribution in [0.3, 0.4) is 0 Å². The Labute approximate surface area is 130 Å². The van der Waals surface area contributed by atoms with Gasteiger partial charge in [0, 0.05) is 6.61 Å². The lowest BCUT2D eigenvalue weighted by atomic mass is 9.95. The zero-order valence-electron chi connectivity index (χ0n) is 13.1. The van der Waals surface area contributed by atoms with Crippen LogP contribution in [0.2, 0.25) is 0 Å². The van der Waals surface area contributed by atoms with Gasteiger partial charge in [-0.25, -0.2) is 4.79 Å². The molecule has 4 heteroatoms. The standard InChI is InChI=1S/C9H17O3P.C8H10/c1-2-11-7-3-5-8(6-4-7)12-9(10)13;1-2-8-6-4-3-5-7-8/h7-8H,2-6,13H2,1H3;3-7H,2H2,1H3. The van der Waals surface area contributed by atoms with Crippen molar-refractivity contribution in [2.45, 2.75) is 58.2 Å². The Morgan fingerprint density at radius 2 is 1.67 bits per heavy atom. The lowest BCUT2D eigenvalue weighted by Crippen LogP contribution is -2.26. The van der Waals surface area contributed by atoms with Crippen molar-refractivity contribution in [2.75, 3.05) is 6.61 Å². The monoisotopic (exact) mass is 310 g/mol. The third kappa shape index (κ3) is 8.18. The average Bonchev–Trinajstić information content (AvgIpc) is 2.50. The maximum atomic E-state index is 10.6. The molecule has 0 heterocycles. The molecule has 0 amide bonds. The molecule has 1 fully saturated rings. The van der Waals surface area contributed by atoms with Gasteiger partial charge in [0.25, 0.3) is 0 Å². The second kappa shape index (κ2) is 10.8. The molecular weight excluding hydrogens is 283 g/mol. The van der Waals surface area contributed by atoms with Crippen LogP contribution in [0.15, 0.2) is 30.3 Å². The Bertz CT molecular complexity index is 386. The molecule has 1 aromatic carbocycles. The number of aryl methyl sites for hydroxylation is 1. The molecule has 0 radical (unpaired) electrons. The van der Waals surface area contributed by atoms with Gasteiger partial charge < -0.3 is 9.47 Å². The average molecular weight is 310 g/mol. The summed E-state index contributed by atoms with van der Waals surface area (Å²) in [5, 5.41) is 0. The molecule has 0 spiro atoms. The van der Waals surface area contributed by atoms with Gasteiger partial charge in [-0.1, -0.05) is 37.3 Å². The van der Waals surface area contributed by atoms with Crippen LogP contribution >= 0.6 is 9.24 Å². The highest BCUT2D eigenvalue weighted by molar-refractivity contribution is 7.39. The maximum absolute atomic E-state index is 10.6. The zero-order chi connectivity index (χ0) is 15.5. The van der Waals surface area contributed by atoms with Gasteiger partial charge in [0.15, 0.2) is 0 Å². The number of rotatable bonds is 4. The van der Waals surface area contributed by atoms with Crippen molar-refractivity contribution in [1.82, 2.24) is 0 Å². The summed E-state index contributed by atoms with van der Waals surface area (Å²) in [5.74, 6) is 0. The highest BCUT2D eigenvalue weighted by atomic mass is 31.0. The molecule has 1 aromatic rings. The minimum Gasteiger partial charge on any atom is -0.460 e. The summed E-state index contributed by atoms with van der Waals surface area (Å²) in [4.78, 5) is 10.6. The van der Waals surface area contributed by atoms with Crippen molar-refractivity contribution in [3.63, 3.8) is 0 Å². The van der Waals surface area contributed by atoms with Gasteiger partial charge in [-0.15, -0.1) is 0 Å². The Morgan fingerprint density at radius 3 is 2.10 bits per heavy atom. The molecule has 0 bridgehead atoms. The third-order valence-electron chi connectivity index (χ3n) is 3.56. The highest BCUT2D eigenvalue weighted by Gasteiger charge is 2.22. The van der Waals surface area contributed by atoms with Crippen LogP contribution in [0.25, 0.3) is 0 Å². The minimum absolute atomic E-state index is 0.113. The Kier molecular flexibility index (Phi) is 9.29. The molecule has 0 aliphatic heterocycles. The van der Waals surface area contributed by atoms with Crippen molar-refractivity contribution >= 4 is 15.0 Å². The Morgan fingerprint density at radius 1 is 1.10 bits per heavy atom. The van der Waals surface area contributed by atoms with Crippen molar-refractivity contribution in [3.05, 3.63) is 35.9 Å². The number of benzene rings is 1. The molecule has 0 aromatic heterocycles. The SMILES string of the molecule is CCOC1CCC(OC(=O)P)CC1.CCc1ccccc1. The van der Waals surface area contributed by atoms with Crippen molar-refractivity contribution in [2.24, 2.45) is 0 Å². The molecule has 1 aliphatic carbocycles. The topological polar surface area (TPSA) is 35.5 Å². The van der Waals surface area contributed by atoms with E-state index in [2.05, 4.69) is 31.2 Å². The largest absolute Gasteiger partial charge is 0.460 e. The molecule has 1 saturated carbocycles. The summed E-state index contributed by atoms with van der Waals surface area (Å²) in [7, 11) is 2.04. The lowest BCUT2D eigenvalue weighted by molar-refractivity contribution is 0.000485. The molecule has 1 atom stereocenters. The molecule has 0 saturated heterocycles. The molecular formula is C17H27O3P. The van der Waals surface area contributed by atoms with Crippen LogP contribution in [0.1, 0.15) is 45.1 Å². The highest BCUT2D eigenvalue weighted by Crippen LogP contribution is 2.24. The van der Waals surface area contributed by atoms with E-state index in [0.29, 0.717) is 6.10 Å². The predicted octanol–water partition coefficient (Wildman–Crippen LogP) is 4.59. The first-order chi connectivity index (χ1) is 10.2. The van der Waals surface area contributed by atoms with Crippen molar-refractivity contribution in [3.8, 4) is 0 Å². The van der Waals surface area contributed by atoms with Gasteiger partial charge in [0.1, 0.15) is 6.10 Å². The second-order valence-corrected chi connectivity index (χ2v) is 5.60. The van der Waals surface area contributed by atoms with E-state index in [0.717, 1.165) is 38.7 Å². The number of hydrogen-bond acceptors (Lipinski definition) is 3. The van der Waals surface area contributed by atoms with E-state index in [1.807, 2.05) is 22.2 Å². The molecule has 21 heavy (non-hydrogen) atoms. The summed E-state index contributed by atoms with van der Waals surface area (Å²) < 4.78 is 10.6. The normalized spacial score (nSPS) is 21.1. The maximum Gasteiger partial charge on any atom is 0.320 e. The van der Waals surface area contributed by atoms with Crippen LogP contribution in [-0.2, 0) is 15.9 Å². The van der Waals surface area contributed by atoms with Crippen LogP contribution in [0.5, 0.6) is 0 Å². The first-order valence-corrected chi connectivity index (χ1v) is 8.35. The van der Waals surface area contributed by atoms with Gasteiger partial charge in [0.05, 0.1) is 6.10 Å². The summed E-state index contributed by atoms with van der Waals surface area (Å²) in [5.41, 5.74) is 1.16. The fraction of sp³-hybridized carbons (Fsp3) is 0.588. The number of hydrogen-bond donors (Lipinski definition) is 0. The number of ether oxygens (including phenoxy) is 2. The van der Waals surface area contributed by atoms with Crippen LogP contribution in [0, 0.1) is 0 Å². The first-order valence-electron chi connectivity index (χ1n) is 7.77. The summed E-state index contributed by atoms with van der Waals surface area (Å²) in [6.07, 6.45) is 5.52. The van der Waals surface area contributed by atoms with Gasteiger partial charge in [-0.2, -0.15) is 0 Å². The van der Waals surface area contributed by atoms with Crippen molar-refractivity contribution in [1.29, 1.82) is 0 Å². The van der Waals surface area contributed by atoms with E-state index in [1.54, 1.807) is 0 Å². The Hall–Kier alpha value is -0.920. The molecule has 118 valence electrons. The first kappa shape index (κ1) is 18.1. The van der Waals surface area contributed by atoms with Crippen LogP contribution < -0.4 is 0 Å². The van der Waals surface area contributed by atoms with Gasteiger partial charge in [-0.3, -0.25) is 0 Å². The molecule has 1 unspecified atom stereocenters. The van der Waals surface area contributed by atoms with E-state index in [4.69, 9.17) is 9.47 Å². The summed E-state index contributed by atoms with van der Waals surface area (Å²) in [6, 6.07) is 10.5. The van der Waals surface area contributed by atoms with Gasteiger partial charge >= 0.3 is 5.71 Å². The Balaban J connectivity index is 0.000000235. The summed E-state index contributed by atoms with van der Waals surface area (Å²) in [6.45, 7) is 4.95. The molecule has 2 rings (SSSR count).